The van der Waals surface area contributed by atoms with Gasteiger partial charge in [0.1, 0.15) is 11.6 Å². The molecular formula is C25H26FN3O4. The summed E-state index contributed by atoms with van der Waals surface area (Å²) in [5.74, 6) is 1.45. The summed E-state index contributed by atoms with van der Waals surface area (Å²) in [7, 11) is 1.34. The lowest BCUT2D eigenvalue weighted by Crippen LogP contribution is -2.32. The van der Waals surface area contributed by atoms with Gasteiger partial charge in [-0.2, -0.15) is 4.98 Å². The second-order valence-corrected chi connectivity index (χ2v) is 7.94. The van der Waals surface area contributed by atoms with Gasteiger partial charge in [-0.25, -0.2) is 9.18 Å². The molecule has 2 aromatic carbocycles. The van der Waals surface area contributed by atoms with E-state index in [1.807, 2.05) is 30.3 Å². The first-order chi connectivity index (χ1) is 16.1. The fourth-order valence-corrected chi connectivity index (χ4v) is 3.79. The minimum atomic E-state index is -0.403. The van der Waals surface area contributed by atoms with Crippen molar-refractivity contribution in [3.63, 3.8) is 0 Å². The van der Waals surface area contributed by atoms with Gasteiger partial charge in [-0.1, -0.05) is 29.4 Å². The van der Waals surface area contributed by atoms with Crippen LogP contribution in [0.4, 0.5) is 4.39 Å². The summed E-state index contributed by atoms with van der Waals surface area (Å²) in [4.78, 5) is 18.0. The van der Waals surface area contributed by atoms with Crippen LogP contribution in [0, 0.1) is 5.82 Å². The number of ether oxygens (including phenoxy) is 2. The zero-order valence-electron chi connectivity index (χ0n) is 18.4. The lowest BCUT2D eigenvalue weighted by molar-refractivity contribution is -0.134. The Morgan fingerprint density at radius 3 is 2.73 bits per heavy atom. The first kappa shape index (κ1) is 22.7. The van der Waals surface area contributed by atoms with Crippen molar-refractivity contribution in [1.82, 2.24) is 15.0 Å². The average Bonchev–Trinajstić information content (AvgIpc) is 3.31. The van der Waals surface area contributed by atoms with E-state index in [-0.39, 0.29) is 18.3 Å². The molecule has 1 aromatic heterocycles. The quantitative estimate of drug-likeness (QED) is 0.372. The van der Waals surface area contributed by atoms with Crippen molar-refractivity contribution in [2.45, 2.75) is 31.9 Å². The van der Waals surface area contributed by atoms with Crippen LogP contribution in [0.25, 0.3) is 6.08 Å². The Bertz CT molecular complexity index is 1090. The number of nitrogens with zero attached hydrogens (tertiary/aromatic N) is 3. The number of methoxy groups -OCH3 is 1. The lowest BCUT2D eigenvalue weighted by atomic mass is 9.96. The number of piperidine rings is 1. The van der Waals surface area contributed by atoms with Crippen molar-refractivity contribution in [3.8, 4) is 5.75 Å². The van der Waals surface area contributed by atoms with E-state index in [0.717, 1.165) is 43.6 Å². The Balaban J connectivity index is 1.24. The van der Waals surface area contributed by atoms with Crippen LogP contribution in [0.3, 0.4) is 0 Å². The first-order valence-corrected chi connectivity index (χ1v) is 10.9. The number of esters is 1. The van der Waals surface area contributed by atoms with Gasteiger partial charge in [0, 0.05) is 18.5 Å². The number of benzene rings is 2. The minimum absolute atomic E-state index is 0.183. The van der Waals surface area contributed by atoms with Crippen molar-refractivity contribution in [2.75, 3.05) is 20.2 Å². The Morgan fingerprint density at radius 2 is 2.00 bits per heavy atom. The van der Waals surface area contributed by atoms with Gasteiger partial charge in [0.15, 0.2) is 12.4 Å². The highest BCUT2D eigenvalue weighted by atomic mass is 19.1. The number of likely N-dealkylation sites (tertiary alicyclic amines) is 1. The van der Waals surface area contributed by atoms with Crippen LogP contribution in [-0.4, -0.2) is 41.2 Å². The maximum absolute atomic E-state index is 13.4. The summed E-state index contributed by atoms with van der Waals surface area (Å²) in [5.41, 5.74) is 1.84. The molecule has 0 bridgehead atoms. The molecule has 0 spiro atoms. The molecule has 0 N–H and O–H groups in total. The third-order valence-corrected chi connectivity index (χ3v) is 5.59. The van der Waals surface area contributed by atoms with Gasteiger partial charge in [0.25, 0.3) is 5.89 Å². The fraction of sp³-hybridized carbons (Fsp3) is 0.320. The summed E-state index contributed by atoms with van der Waals surface area (Å²) in [6.07, 6.45) is 4.89. The van der Waals surface area contributed by atoms with E-state index in [4.69, 9.17) is 9.26 Å². The molecule has 172 valence electrons. The maximum atomic E-state index is 13.4. The van der Waals surface area contributed by atoms with Crippen LogP contribution in [0.5, 0.6) is 5.75 Å². The number of hydrogen-bond acceptors (Lipinski definition) is 7. The van der Waals surface area contributed by atoms with Gasteiger partial charge in [0.2, 0.25) is 0 Å². The number of carbonyl (C=O) groups is 1. The number of hydrogen-bond donors (Lipinski definition) is 0. The highest BCUT2D eigenvalue weighted by Crippen LogP contribution is 2.27. The van der Waals surface area contributed by atoms with Crippen LogP contribution in [0.1, 0.15) is 41.6 Å². The van der Waals surface area contributed by atoms with E-state index in [2.05, 4.69) is 19.8 Å². The van der Waals surface area contributed by atoms with Crippen LogP contribution in [-0.2, 0) is 22.7 Å². The van der Waals surface area contributed by atoms with Crippen LogP contribution < -0.4 is 4.74 Å². The molecule has 0 unspecified atom stereocenters. The standard InChI is InChI=1S/C25H26FN3O4/c1-31-24(30)10-7-18-5-8-22(9-6-18)32-17-23-27-25(28-33-23)20-11-13-29(14-12-20)16-19-3-2-4-21(26)15-19/h2-10,15,20H,11-14,16-17H2,1H3. The van der Waals surface area contributed by atoms with Crippen molar-refractivity contribution < 1.29 is 23.2 Å². The zero-order valence-corrected chi connectivity index (χ0v) is 18.4. The van der Waals surface area contributed by atoms with Crippen LogP contribution in [0.2, 0.25) is 0 Å². The molecule has 2 heterocycles. The second kappa shape index (κ2) is 10.9. The van der Waals surface area contributed by atoms with Crippen molar-refractivity contribution in [3.05, 3.63) is 83.3 Å². The second-order valence-electron chi connectivity index (χ2n) is 7.94. The Labute approximate surface area is 191 Å². The molecule has 0 radical (unpaired) electrons. The molecule has 4 rings (SSSR count). The molecule has 1 aliphatic heterocycles. The molecule has 3 aromatic rings. The molecule has 7 nitrogen and oxygen atoms in total. The number of aromatic nitrogens is 2. The van der Waals surface area contributed by atoms with E-state index in [1.54, 1.807) is 18.2 Å². The normalized spacial score (nSPS) is 15.1. The molecule has 1 fully saturated rings. The molecule has 8 heteroatoms. The van der Waals surface area contributed by atoms with Crippen LogP contribution in [0.15, 0.2) is 59.1 Å². The molecule has 33 heavy (non-hydrogen) atoms. The average molecular weight is 451 g/mol. The van der Waals surface area contributed by atoms with Gasteiger partial charge < -0.3 is 14.0 Å². The highest BCUT2D eigenvalue weighted by Gasteiger charge is 2.24. The third-order valence-electron chi connectivity index (χ3n) is 5.59. The molecule has 0 atom stereocenters. The number of rotatable bonds is 8. The predicted molar refractivity (Wildman–Crippen MR) is 120 cm³/mol. The van der Waals surface area contributed by atoms with E-state index >= 15 is 0 Å². The highest BCUT2D eigenvalue weighted by molar-refractivity contribution is 5.86. The Morgan fingerprint density at radius 1 is 1.21 bits per heavy atom. The summed E-state index contributed by atoms with van der Waals surface area (Å²) in [5, 5.41) is 4.15. The number of halogens is 1. The van der Waals surface area contributed by atoms with Gasteiger partial charge in [-0.3, -0.25) is 4.90 Å². The smallest absolute Gasteiger partial charge is 0.330 e. The molecule has 0 amide bonds. The minimum Gasteiger partial charge on any atom is -0.484 e. The van der Waals surface area contributed by atoms with E-state index in [1.165, 1.54) is 19.3 Å². The van der Waals surface area contributed by atoms with Gasteiger partial charge >= 0.3 is 5.97 Å². The first-order valence-electron chi connectivity index (χ1n) is 10.9. The summed E-state index contributed by atoms with van der Waals surface area (Å²) in [6.45, 7) is 2.73. The SMILES string of the molecule is COC(=O)C=Cc1ccc(OCc2nc(C3CCN(Cc4cccc(F)c4)CC3)no2)cc1. The van der Waals surface area contributed by atoms with Crippen molar-refractivity contribution >= 4 is 12.0 Å². The maximum Gasteiger partial charge on any atom is 0.330 e. The Hall–Kier alpha value is -3.52. The van der Waals surface area contributed by atoms with E-state index in [9.17, 15) is 9.18 Å². The zero-order chi connectivity index (χ0) is 23.0. The van der Waals surface area contributed by atoms with Crippen molar-refractivity contribution in [2.24, 2.45) is 0 Å². The molecule has 0 aliphatic carbocycles. The van der Waals surface area contributed by atoms with E-state index in [0.29, 0.717) is 17.5 Å². The van der Waals surface area contributed by atoms with E-state index < -0.39 is 5.97 Å². The fourth-order valence-electron chi connectivity index (χ4n) is 3.79. The van der Waals surface area contributed by atoms with Crippen LogP contribution >= 0.6 is 0 Å². The topological polar surface area (TPSA) is 77.7 Å². The van der Waals surface area contributed by atoms with Gasteiger partial charge in [-0.15, -0.1) is 0 Å². The predicted octanol–water partition coefficient (Wildman–Crippen LogP) is 4.35. The van der Waals surface area contributed by atoms with Crippen molar-refractivity contribution in [1.29, 1.82) is 0 Å². The number of carbonyl (C=O) groups excluding carboxylic acids is 1. The lowest BCUT2D eigenvalue weighted by Gasteiger charge is -2.30. The Kier molecular flexibility index (Phi) is 7.47. The monoisotopic (exact) mass is 451 g/mol. The molecule has 0 saturated carbocycles. The van der Waals surface area contributed by atoms with Gasteiger partial charge in [0.05, 0.1) is 7.11 Å². The van der Waals surface area contributed by atoms with Gasteiger partial charge in [-0.05, 0) is 67.4 Å². The summed E-state index contributed by atoms with van der Waals surface area (Å²) < 4.78 is 29.1. The summed E-state index contributed by atoms with van der Waals surface area (Å²) >= 11 is 0. The largest absolute Gasteiger partial charge is 0.484 e. The molecule has 1 saturated heterocycles. The summed E-state index contributed by atoms with van der Waals surface area (Å²) in [6, 6.07) is 14.0. The molecular weight excluding hydrogens is 425 g/mol. The third kappa shape index (κ3) is 6.49. The molecule has 1 aliphatic rings.